The highest BCUT2D eigenvalue weighted by atomic mass is 16.5. The highest BCUT2D eigenvalue weighted by molar-refractivity contribution is 5.43. The van der Waals surface area contributed by atoms with Gasteiger partial charge in [-0.3, -0.25) is 0 Å². The fourth-order valence-corrected chi connectivity index (χ4v) is 8.91. The van der Waals surface area contributed by atoms with Gasteiger partial charge in [0.15, 0.2) is 0 Å². The van der Waals surface area contributed by atoms with Crippen molar-refractivity contribution in [2.24, 2.45) is 16.2 Å². The van der Waals surface area contributed by atoms with Gasteiger partial charge in [-0.1, -0.05) is 58.4 Å². The summed E-state index contributed by atoms with van der Waals surface area (Å²) in [5, 5.41) is 17.9. The third-order valence-corrected chi connectivity index (χ3v) is 9.80. The van der Waals surface area contributed by atoms with E-state index in [4.69, 9.17) is 20.0 Å². The molecule has 4 fully saturated rings. The highest BCUT2D eigenvalue weighted by Gasteiger charge is 2.70. The number of nitriles is 2. The van der Waals surface area contributed by atoms with Gasteiger partial charge in [-0.05, 0) is 107 Å². The van der Waals surface area contributed by atoms with Crippen molar-refractivity contribution < 1.29 is 9.47 Å². The number of hydrogen-bond donors (Lipinski definition) is 0. The Morgan fingerprint density at radius 3 is 1.54 bits per heavy atom. The van der Waals surface area contributed by atoms with Gasteiger partial charge < -0.3 is 9.47 Å². The van der Waals surface area contributed by atoms with Gasteiger partial charge in [-0.2, -0.15) is 0 Å². The monoisotopic (exact) mass is 468 g/mol. The van der Waals surface area contributed by atoms with Crippen LogP contribution in [-0.2, 0) is 10.8 Å². The van der Waals surface area contributed by atoms with Gasteiger partial charge in [0.25, 0.3) is 12.5 Å². The van der Waals surface area contributed by atoms with Gasteiger partial charge in [-0.25, -0.2) is 0 Å². The second-order valence-corrected chi connectivity index (χ2v) is 12.8. The van der Waals surface area contributed by atoms with E-state index in [1.807, 2.05) is 24.3 Å². The summed E-state index contributed by atoms with van der Waals surface area (Å²) in [6, 6.07) is 16.7. The summed E-state index contributed by atoms with van der Waals surface area (Å²) in [5.74, 6) is 1.22. The summed E-state index contributed by atoms with van der Waals surface area (Å²) in [6.07, 6.45) is 13.4. The maximum absolute atomic E-state index is 8.95. The molecule has 0 aromatic heterocycles. The SMILES string of the molecule is CCCC12CC3(c4ccc(OC#N)cc4)CC(c4ccc(OC#N)cc4)(C1)CC(C(C)(C)C)(C2)C3. The lowest BCUT2D eigenvalue weighted by molar-refractivity contribution is -0.185. The zero-order valence-electron chi connectivity index (χ0n) is 21.5. The maximum Gasteiger partial charge on any atom is 0.292 e. The Morgan fingerprint density at radius 2 is 1.17 bits per heavy atom. The summed E-state index contributed by atoms with van der Waals surface area (Å²) in [4.78, 5) is 0. The lowest BCUT2D eigenvalue weighted by Gasteiger charge is -2.74. The normalized spacial score (nSPS) is 33.1. The standard InChI is InChI=1S/C31H36N2O2/c1-5-14-28-15-29(23-6-10-25(11-7-23)34-21-32)18-30(16-28,20-31(17-28,19-29)27(2,3)4)24-8-12-26(13-9-24)35-22-33/h6-13H,5,14-20H2,1-4H3. The lowest BCUT2D eigenvalue weighted by atomic mass is 9.30. The van der Waals surface area contributed by atoms with Crippen molar-refractivity contribution >= 4 is 0 Å². The summed E-state index contributed by atoms with van der Waals surface area (Å²) < 4.78 is 10.2. The van der Waals surface area contributed by atoms with Crippen LogP contribution in [0.25, 0.3) is 0 Å². The Hall–Kier alpha value is -2.98. The molecule has 0 N–H and O–H groups in total. The Bertz CT molecular complexity index is 1100. The van der Waals surface area contributed by atoms with Crippen molar-refractivity contribution in [3.63, 3.8) is 0 Å². The Kier molecular flexibility index (Phi) is 5.45. The lowest BCUT2D eigenvalue weighted by Crippen LogP contribution is -2.66. The minimum atomic E-state index is 0.101. The van der Waals surface area contributed by atoms with Gasteiger partial charge in [-0.15, -0.1) is 10.5 Å². The molecule has 2 aromatic rings. The number of ether oxygens (including phenoxy) is 2. The van der Waals surface area contributed by atoms with Gasteiger partial charge in [0.1, 0.15) is 11.5 Å². The van der Waals surface area contributed by atoms with Crippen LogP contribution in [0.5, 0.6) is 11.5 Å². The minimum absolute atomic E-state index is 0.101. The molecule has 35 heavy (non-hydrogen) atoms. The molecule has 2 unspecified atom stereocenters. The molecule has 4 bridgehead atoms. The smallest absolute Gasteiger partial charge is 0.292 e. The maximum atomic E-state index is 8.95. The highest BCUT2D eigenvalue weighted by Crippen LogP contribution is 2.78. The molecule has 0 saturated heterocycles. The molecule has 0 heterocycles. The molecular weight excluding hydrogens is 432 g/mol. The third kappa shape index (κ3) is 3.70. The number of nitrogens with zero attached hydrogens (tertiary/aromatic N) is 2. The molecule has 4 aliphatic rings. The average Bonchev–Trinajstić information content (AvgIpc) is 2.79. The first-order valence-corrected chi connectivity index (χ1v) is 13.0. The number of benzene rings is 2. The second-order valence-electron chi connectivity index (χ2n) is 12.8. The molecule has 4 heteroatoms. The molecule has 0 radical (unpaired) electrons. The molecule has 0 aliphatic heterocycles. The van der Waals surface area contributed by atoms with E-state index in [0.717, 1.165) is 6.42 Å². The van der Waals surface area contributed by atoms with Crippen LogP contribution in [0.3, 0.4) is 0 Å². The van der Waals surface area contributed by atoms with E-state index in [9.17, 15) is 0 Å². The fourth-order valence-electron chi connectivity index (χ4n) is 8.91. The summed E-state index contributed by atoms with van der Waals surface area (Å²) >= 11 is 0. The summed E-state index contributed by atoms with van der Waals surface area (Å²) in [7, 11) is 0. The first-order chi connectivity index (χ1) is 16.6. The van der Waals surface area contributed by atoms with Crippen LogP contribution in [0.4, 0.5) is 0 Å². The van der Waals surface area contributed by atoms with Crippen molar-refractivity contribution in [1.82, 2.24) is 0 Å². The van der Waals surface area contributed by atoms with Crippen LogP contribution in [0, 0.1) is 39.3 Å². The predicted molar refractivity (Wildman–Crippen MR) is 136 cm³/mol. The summed E-state index contributed by atoms with van der Waals surface area (Å²) in [5.41, 5.74) is 3.75. The zero-order chi connectivity index (χ0) is 25.0. The van der Waals surface area contributed by atoms with E-state index in [0.29, 0.717) is 16.9 Å². The van der Waals surface area contributed by atoms with E-state index >= 15 is 0 Å². The van der Waals surface area contributed by atoms with Crippen LogP contribution >= 0.6 is 0 Å². The van der Waals surface area contributed by atoms with E-state index in [2.05, 4.69) is 52.0 Å². The van der Waals surface area contributed by atoms with E-state index in [-0.39, 0.29) is 21.7 Å². The van der Waals surface area contributed by atoms with Gasteiger partial charge in [0, 0.05) is 0 Å². The molecule has 4 nitrogen and oxygen atoms in total. The molecular formula is C31H36N2O2. The van der Waals surface area contributed by atoms with Crippen LogP contribution in [-0.4, -0.2) is 0 Å². The van der Waals surface area contributed by atoms with Crippen molar-refractivity contribution in [3.8, 4) is 24.0 Å². The molecule has 4 saturated carbocycles. The molecule has 0 spiro atoms. The van der Waals surface area contributed by atoms with Crippen molar-refractivity contribution in [2.45, 2.75) is 89.9 Å². The van der Waals surface area contributed by atoms with Crippen molar-refractivity contribution in [2.75, 3.05) is 0 Å². The van der Waals surface area contributed by atoms with E-state index in [1.54, 1.807) is 12.5 Å². The second kappa shape index (κ2) is 8.03. The van der Waals surface area contributed by atoms with Crippen LogP contribution in [0.15, 0.2) is 48.5 Å². The topological polar surface area (TPSA) is 66.0 Å². The Labute approximate surface area is 209 Å². The Balaban J connectivity index is 1.68. The van der Waals surface area contributed by atoms with Crippen molar-refractivity contribution in [3.05, 3.63) is 59.7 Å². The first kappa shape index (κ1) is 23.7. The van der Waals surface area contributed by atoms with Gasteiger partial charge in [0.2, 0.25) is 0 Å². The summed E-state index contributed by atoms with van der Waals surface area (Å²) in [6.45, 7) is 9.70. The number of hydrogen-bond acceptors (Lipinski definition) is 4. The van der Waals surface area contributed by atoms with Gasteiger partial charge >= 0.3 is 0 Å². The molecule has 0 amide bonds. The largest absolute Gasteiger partial charge is 0.388 e. The molecule has 6 rings (SSSR count). The zero-order valence-corrected chi connectivity index (χ0v) is 21.5. The van der Waals surface area contributed by atoms with Gasteiger partial charge in [0.05, 0.1) is 0 Å². The van der Waals surface area contributed by atoms with Crippen molar-refractivity contribution in [1.29, 1.82) is 10.5 Å². The third-order valence-electron chi connectivity index (χ3n) is 9.80. The molecule has 4 aliphatic carbocycles. The Morgan fingerprint density at radius 1 is 0.714 bits per heavy atom. The van der Waals surface area contributed by atoms with E-state index in [1.165, 1.54) is 56.1 Å². The van der Waals surface area contributed by atoms with Crippen LogP contribution < -0.4 is 9.47 Å². The predicted octanol–water partition coefficient (Wildman–Crippen LogP) is 7.78. The average molecular weight is 469 g/mol. The first-order valence-electron chi connectivity index (χ1n) is 13.0. The molecule has 182 valence electrons. The fraction of sp³-hybridized carbons (Fsp3) is 0.548. The van der Waals surface area contributed by atoms with Crippen LogP contribution in [0.1, 0.15) is 90.2 Å². The molecule has 2 atom stereocenters. The molecule has 2 aromatic carbocycles. The van der Waals surface area contributed by atoms with Crippen LogP contribution in [0.2, 0.25) is 0 Å². The minimum Gasteiger partial charge on any atom is -0.388 e. The van der Waals surface area contributed by atoms with E-state index < -0.39 is 0 Å². The quantitative estimate of drug-likeness (QED) is 0.406. The number of rotatable bonds is 6.